The summed E-state index contributed by atoms with van der Waals surface area (Å²) in [6.45, 7) is 4.91. The first-order valence-electron chi connectivity index (χ1n) is 6.93. The molecule has 1 aromatic carbocycles. The van der Waals surface area contributed by atoms with Crippen LogP contribution >= 0.6 is 15.9 Å². The molecule has 19 heavy (non-hydrogen) atoms. The minimum Gasteiger partial charge on any atom is -0.338 e. The van der Waals surface area contributed by atoms with Gasteiger partial charge in [0, 0.05) is 29.2 Å². The monoisotopic (exact) mass is 322 g/mol. The number of hydrogen-bond acceptors (Lipinski definition) is 2. The van der Waals surface area contributed by atoms with E-state index in [1.165, 1.54) is 6.42 Å². The van der Waals surface area contributed by atoms with E-state index in [1.807, 2.05) is 30.0 Å². The third-order valence-electron chi connectivity index (χ3n) is 4.23. The van der Waals surface area contributed by atoms with Gasteiger partial charge in [-0.15, -0.1) is 0 Å². The lowest BCUT2D eigenvalue weighted by atomic mass is 9.93. The van der Waals surface area contributed by atoms with Crippen molar-refractivity contribution in [1.29, 1.82) is 0 Å². The van der Waals surface area contributed by atoms with Crippen LogP contribution in [0, 0.1) is 12.8 Å². The summed E-state index contributed by atoms with van der Waals surface area (Å²) in [6, 6.07) is 6.57. The highest BCUT2D eigenvalue weighted by atomic mass is 79.9. The van der Waals surface area contributed by atoms with Gasteiger partial charge >= 0.3 is 0 Å². The van der Waals surface area contributed by atoms with Crippen molar-refractivity contribution in [3.05, 3.63) is 33.8 Å². The lowest BCUT2D eigenvalue weighted by Gasteiger charge is -2.35. The molecule has 0 bridgehead atoms. The van der Waals surface area contributed by atoms with E-state index < -0.39 is 0 Å². The number of likely N-dealkylation sites (tertiary alicyclic amines) is 1. The van der Waals surface area contributed by atoms with Crippen LogP contribution in [0.25, 0.3) is 0 Å². The molecule has 2 unspecified atom stereocenters. The van der Waals surface area contributed by atoms with Gasteiger partial charge < -0.3 is 10.2 Å². The van der Waals surface area contributed by atoms with Crippen molar-refractivity contribution in [1.82, 2.24) is 10.2 Å². The van der Waals surface area contributed by atoms with E-state index in [-0.39, 0.29) is 5.91 Å². The van der Waals surface area contributed by atoms with Gasteiger partial charge in [0.1, 0.15) is 0 Å². The minimum atomic E-state index is 0.176. The van der Waals surface area contributed by atoms with Crippen molar-refractivity contribution >= 4 is 21.8 Å². The maximum atomic E-state index is 12.6. The zero-order valence-corrected chi connectivity index (χ0v) is 12.7. The maximum Gasteiger partial charge on any atom is 0.253 e. The number of rotatable bonds is 1. The molecule has 0 aromatic heterocycles. The topological polar surface area (TPSA) is 32.3 Å². The van der Waals surface area contributed by atoms with Gasteiger partial charge in [0.05, 0.1) is 0 Å². The van der Waals surface area contributed by atoms with Crippen molar-refractivity contribution in [3.8, 4) is 0 Å². The van der Waals surface area contributed by atoms with Gasteiger partial charge in [-0.1, -0.05) is 15.9 Å². The van der Waals surface area contributed by atoms with Crippen LogP contribution in [0.3, 0.4) is 0 Å². The van der Waals surface area contributed by atoms with Crippen LogP contribution in [0.2, 0.25) is 0 Å². The Hall–Kier alpha value is -0.870. The molecule has 1 aromatic rings. The van der Waals surface area contributed by atoms with E-state index in [0.29, 0.717) is 12.0 Å². The van der Waals surface area contributed by atoms with E-state index in [4.69, 9.17) is 0 Å². The molecule has 2 saturated heterocycles. The summed E-state index contributed by atoms with van der Waals surface area (Å²) in [5.41, 5.74) is 1.92. The average molecular weight is 323 g/mol. The predicted molar refractivity (Wildman–Crippen MR) is 79.3 cm³/mol. The number of nitrogens with one attached hydrogen (secondary N) is 1. The highest BCUT2D eigenvalue weighted by Gasteiger charge is 2.34. The van der Waals surface area contributed by atoms with Crippen LogP contribution in [-0.4, -0.2) is 36.5 Å². The number of hydrogen-bond donors (Lipinski definition) is 1. The smallest absolute Gasteiger partial charge is 0.253 e. The van der Waals surface area contributed by atoms with Crippen molar-refractivity contribution in [3.63, 3.8) is 0 Å². The molecular weight excluding hydrogens is 304 g/mol. The third kappa shape index (κ3) is 2.70. The number of aryl methyl sites for hydroxylation is 1. The lowest BCUT2D eigenvalue weighted by Crippen LogP contribution is -2.46. The summed E-state index contributed by atoms with van der Waals surface area (Å²) in [7, 11) is 0. The van der Waals surface area contributed by atoms with E-state index >= 15 is 0 Å². The molecule has 1 amide bonds. The molecule has 0 saturated carbocycles. The zero-order valence-electron chi connectivity index (χ0n) is 11.2. The van der Waals surface area contributed by atoms with E-state index in [2.05, 4.69) is 21.2 Å². The zero-order chi connectivity index (χ0) is 13.4. The fraction of sp³-hybridized carbons (Fsp3) is 0.533. The highest BCUT2D eigenvalue weighted by Crippen LogP contribution is 2.26. The number of carbonyl (C=O) groups is 1. The Morgan fingerprint density at radius 3 is 3.00 bits per heavy atom. The molecule has 2 aliphatic heterocycles. The molecule has 4 heteroatoms. The molecule has 0 aliphatic carbocycles. The number of nitrogens with zero attached hydrogens (tertiary/aromatic N) is 1. The predicted octanol–water partition coefficient (Wildman–Crippen LogP) is 2.58. The third-order valence-corrected chi connectivity index (χ3v) is 4.69. The van der Waals surface area contributed by atoms with Crippen LogP contribution in [0.1, 0.15) is 28.8 Å². The van der Waals surface area contributed by atoms with Crippen molar-refractivity contribution in [2.75, 3.05) is 19.6 Å². The number of halogens is 1. The van der Waals surface area contributed by atoms with Crippen LogP contribution < -0.4 is 5.32 Å². The first kappa shape index (κ1) is 13.1. The fourth-order valence-corrected chi connectivity index (χ4v) is 3.88. The Labute approximate surface area is 122 Å². The number of benzene rings is 1. The summed E-state index contributed by atoms with van der Waals surface area (Å²) in [6.07, 6.45) is 2.29. The molecule has 0 spiro atoms. The Kier molecular flexibility index (Phi) is 3.63. The quantitative estimate of drug-likeness (QED) is 0.862. The van der Waals surface area contributed by atoms with E-state index in [9.17, 15) is 4.79 Å². The summed E-state index contributed by atoms with van der Waals surface area (Å²) in [5.74, 6) is 0.820. The van der Waals surface area contributed by atoms with Crippen LogP contribution in [0.5, 0.6) is 0 Å². The SMILES string of the molecule is Cc1cc(Br)cc(C(=O)N2CCC3NCCC3C2)c1. The standard InChI is InChI=1S/C15H19BrN2O/c1-10-6-12(8-13(16)7-10)15(19)18-5-3-14-11(9-18)2-4-17-14/h6-8,11,14,17H,2-5,9H2,1H3. The lowest BCUT2D eigenvalue weighted by molar-refractivity contribution is 0.0662. The molecule has 2 fully saturated rings. The maximum absolute atomic E-state index is 12.6. The Morgan fingerprint density at radius 2 is 2.21 bits per heavy atom. The number of amides is 1. The highest BCUT2D eigenvalue weighted by molar-refractivity contribution is 9.10. The van der Waals surface area contributed by atoms with Gasteiger partial charge in [-0.3, -0.25) is 4.79 Å². The number of carbonyl (C=O) groups excluding carboxylic acids is 1. The summed E-state index contributed by atoms with van der Waals surface area (Å²) >= 11 is 3.47. The van der Waals surface area contributed by atoms with Crippen molar-refractivity contribution in [2.24, 2.45) is 5.92 Å². The second-order valence-electron chi connectivity index (χ2n) is 5.67. The number of piperidine rings is 1. The van der Waals surface area contributed by atoms with Crippen LogP contribution in [0.15, 0.2) is 22.7 Å². The molecule has 3 rings (SSSR count). The molecule has 2 heterocycles. The van der Waals surface area contributed by atoms with Gasteiger partial charge in [0.2, 0.25) is 0 Å². The average Bonchev–Trinajstić information content (AvgIpc) is 2.83. The molecule has 0 radical (unpaired) electrons. The van der Waals surface area contributed by atoms with Gasteiger partial charge in [-0.05, 0) is 56.0 Å². The van der Waals surface area contributed by atoms with E-state index in [0.717, 1.165) is 41.7 Å². The summed E-state index contributed by atoms with van der Waals surface area (Å²) in [5, 5.41) is 3.53. The summed E-state index contributed by atoms with van der Waals surface area (Å²) in [4.78, 5) is 14.6. The van der Waals surface area contributed by atoms with Gasteiger partial charge in [-0.2, -0.15) is 0 Å². The van der Waals surface area contributed by atoms with E-state index in [1.54, 1.807) is 0 Å². The molecule has 1 N–H and O–H groups in total. The fourth-order valence-electron chi connectivity index (χ4n) is 3.27. The van der Waals surface area contributed by atoms with Gasteiger partial charge in [-0.25, -0.2) is 0 Å². The molecule has 2 aliphatic rings. The van der Waals surface area contributed by atoms with Crippen molar-refractivity contribution in [2.45, 2.75) is 25.8 Å². The molecule has 102 valence electrons. The minimum absolute atomic E-state index is 0.176. The Morgan fingerprint density at radius 1 is 1.37 bits per heavy atom. The summed E-state index contributed by atoms with van der Waals surface area (Å²) < 4.78 is 0.980. The molecular formula is C15H19BrN2O. The van der Waals surface area contributed by atoms with Gasteiger partial charge in [0.25, 0.3) is 5.91 Å². The molecule has 3 nitrogen and oxygen atoms in total. The molecule has 2 atom stereocenters. The Balaban J connectivity index is 1.76. The second-order valence-corrected chi connectivity index (χ2v) is 6.58. The van der Waals surface area contributed by atoms with Crippen molar-refractivity contribution < 1.29 is 4.79 Å². The van der Waals surface area contributed by atoms with Crippen LogP contribution in [-0.2, 0) is 0 Å². The van der Waals surface area contributed by atoms with Crippen LogP contribution in [0.4, 0.5) is 0 Å². The van der Waals surface area contributed by atoms with Gasteiger partial charge in [0.15, 0.2) is 0 Å². The normalized spacial score (nSPS) is 26.3. The first-order chi connectivity index (χ1) is 9.13. The first-order valence-corrected chi connectivity index (χ1v) is 7.72. The Bertz CT molecular complexity index is 483. The second kappa shape index (κ2) is 5.25. The largest absolute Gasteiger partial charge is 0.338 e. The number of fused-ring (bicyclic) bond motifs is 1.